The molecule has 1 unspecified atom stereocenters. The molecule has 2 nitrogen and oxygen atoms in total. The lowest BCUT2D eigenvalue weighted by atomic mass is 10.4. The number of rotatable bonds is 4. The number of ether oxygens (including phenoxy) is 1. The Labute approximate surface area is 51.2 Å². The molecule has 50 valence electrons. The number of methoxy groups -OCH3 is 1. The van der Waals surface area contributed by atoms with Gasteiger partial charge in [-0.3, -0.25) is 5.32 Å². The maximum absolute atomic E-state index is 5.03. The molecular weight excluding hydrogens is 102 g/mol. The fourth-order valence-corrected chi connectivity index (χ4v) is 0.622. The summed E-state index contributed by atoms with van der Waals surface area (Å²) in [6.07, 6.45) is 1.28. The van der Waals surface area contributed by atoms with Gasteiger partial charge in [-0.25, -0.2) is 0 Å². The summed E-state index contributed by atoms with van der Waals surface area (Å²) in [5, 5.41) is 3.16. The summed E-state index contributed by atoms with van der Waals surface area (Å²) in [4.78, 5) is 0. The second-order valence-electron chi connectivity index (χ2n) is 1.69. The Morgan fingerprint density at radius 3 is 2.25 bits per heavy atom. The van der Waals surface area contributed by atoms with E-state index in [-0.39, 0.29) is 6.23 Å². The van der Waals surface area contributed by atoms with Crippen LogP contribution in [0.4, 0.5) is 0 Å². The SMILES string of the molecule is CCNC(CC)OC. The predicted molar refractivity (Wildman–Crippen MR) is 34.8 cm³/mol. The third-order valence-electron chi connectivity index (χ3n) is 1.09. The van der Waals surface area contributed by atoms with Crippen LogP contribution in [0.5, 0.6) is 0 Å². The molecule has 0 aromatic carbocycles. The van der Waals surface area contributed by atoms with Crippen molar-refractivity contribution in [2.24, 2.45) is 0 Å². The molecule has 0 aromatic rings. The molecule has 0 amide bonds. The Bertz CT molecular complexity index is 43.8. The Balaban J connectivity index is 3.07. The highest BCUT2D eigenvalue weighted by Gasteiger charge is 1.97. The molecule has 1 N–H and O–H groups in total. The highest BCUT2D eigenvalue weighted by atomic mass is 16.5. The van der Waals surface area contributed by atoms with Gasteiger partial charge in [-0.2, -0.15) is 0 Å². The van der Waals surface area contributed by atoms with Crippen LogP contribution in [0.25, 0.3) is 0 Å². The molecule has 0 saturated carbocycles. The van der Waals surface area contributed by atoms with E-state index in [1.54, 1.807) is 7.11 Å². The Kier molecular flexibility index (Phi) is 5.01. The molecule has 0 aliphatic heterocycles. The van der Waals surface area contributed by atoms with Gasteiger partial charge in [-0.1, -0.05) is 13.8 Å². The van der Waals surface area contributed by atoms with Crippen LogP contribution in [0.2, 0.25) is 0 Å². The van der Waals surface area contributed by atoms with E-state index < -0.39 is 0 Å². The van der Waals surface area contributed by atoms with Gasteiger partial charge in [0.25, 0.3) is 0 Å². The molecule has 0 bridgehead atoms. The van der Waals surface area contributed by atoms with Gasteiger partial charge >= 0.3 is 0 Å². The molecule has 0 radical (unpaired) electrons. The lowest BCUT2D eigenvalue weighted by Gasteiger charge is -2.12. The molecular formula is C6H15NO. The smallest absolute Gasteiger partial charge is 0.107 e. The zero-order valence-electron chi connectivity index (χ0n) is 5.90. The van der Waals surface area contributed by atoms with Crippen LogP contribution in [0, 0.1) is 0 Å². The first-order chi connectivity index (χ1) is 3.85. The van der Waals surface area contributed by atoms with Crippen molar-refractivity contribution in [1.82, 2.24) is 5.32 Å². The quantitative estimate of drug-likeness (QED) is 0.554. The first kappa shape index (κ1) is 7.92. The van der Waals surface area contributed by atoms with E-state index in [4.69, 9.17) is 4.74 Å². The Morgan fingerprint density at radius 1 is 1.50 bits per heavy atom. The van der Waals surface area contributed by atoms with Crippen molar-refractivity contribution in [2.75, 3.05) is 13.7 Å². The third kappa shape index (κ3) is 2.99. The van der Waals surface area contributed by atoms with E-state index in [1.165, 1.54) is 0 Å². The van der Waals surface area contributed by atoms with Crippen LogP contribution >= 0.6 is 0 Å². The van der Waals surface area contributed by atoms with Gasteiger partial charge in [0.1, 0.15) is 6.23 Å². The normalized spacial score (nSPS) is 13.9. The molecule has 0 spiro atoms. The lowest BCUT2D eigenvalue weighted by molar-refractivity contribution is 0.0726. The highest BCUT2D eigenvalue weighted by Crippen LogP contribution is 1.88. The van der Waals surface area contributed by atoms with E-state index in [9.17, 15) is 0 Å². The number of hydrogen-bond donors (Lipinski definition) is 1. The Hall–Kier alpha value is -0.0800. The molecule has 2 heteroatoms. The summed E-state index contributed by atoms with van der Waals surface area (Å²) in [5.74, 6) is 0. The molecule has 0 heterocycles. The average molecular weight is 117 g/mol. The van der Waals surface area contributed by atoms with Crippen LogP contribution in [0.1, 0.15) is 20.3 Å². The monoisotopic (exact) mass is 117 g/mol. The standard InChI is InChI=1S/C6H15NO/c1-4-6(8-3)7-5-2/h6-7H,4-5H2,1-3H3. The predicted octanol–water partition coefficient (Wildman–Crippen LogP) is 0.978. The van der Waals surface area contributed by atoms with Gasteiger partial charge in [0.05, 0.1) is 0 Å². The van der Waals surface area contributed by atoms with Crippen LogP contribution in [-0.4, -0.2) is 19.9 Å². The lowest BCUT2D eigenvalue weighted by Crippen LogP contribution is -2.29. The van der Waals surface area contributed by atoms with Gasteiger partial charge in [0.2, 0.25) is 0 Å². The van der Waals surface area contributed by atoms with E-state index in [0.717, 1.165) is 13.0 Å². The van der Waals surface area contributed by atoms with E-state index in [0.29, 0.717) is 0 Å². The second-order valence-corrected chi connectivity index (χ2v) is 1.69. The van der Waals surface area contributed by atoms with Crippen molar-refractivity contribution in [3.63, 3.8) is 0 Å². The van der Waals surface area contributed by atoms with Crippen molar-refractivity contribution in [1.29, 1.82) is 0 Å². The highest BCUT2D eigenvalue weighted by molar-refractivity contribution is 4.47. The summed E-state index contributed by atoms with van der Waals surface area (Å²) in [5.41, 5.74) is 0. The van der Waals surface area contributed by atoms with Gasteiger partial charge in [0, 0.05) is 7.11 Å². The van der Waals surface area contributed by atoms with Crippen LogP contribution in [0.15, 0.2) is 0 Å². The molecule has 0 aromatic heterocycles. The summed E-state index contributed by atoms with van der Waals surface area (Å²) < 4.78 is 5.03. The molecule has 0 fully saturated rings. The molecule has 1 atom stereocenters. The van der Waals surface area contributed by atoms with Crippen molar-refractivity contribution in [3.05, 3.63) is 0 Å². The fourth-order valence-electron chi connectivity index (χ4n) is 0.622. The van der Waals surface area contributed by atoms with Gasteiger partial charge in [-0.05, 0) is 13.0 Å². The van der Waals surface area contributed by atoms with Crippen molar-refractivity contribution in [2.45, 2.75) is 26.5 Å². The topological polar surface area (TPSA) is 21.3 Å². The molecule has 8 heavy (non-hydrogen) atoms. The zero-order valence-corrected chi connectivity index (χ0v) is 5.90. The summed E-state index contributed by atoms with van der Waals surface area (Å²) in [6, 6.07) is 0. The van der Waals surface area contributed by atoms with Gasteiger partial charge in [0.15, 0.2) is 0 Å². The maximum Gasteiger partial charge on any atom is 0.107 e. The number of hydrogen-bond acceptors (Lipinski definition) is 2. The minimum Gasteiger partial charge on any atom is -0.367 e. The summed E-state index contributed by atoms with van der Waals surface area (Å²) in [6.45, 7) is 5.14. The molecule has 0 rings (SSSR count). The number of nitrogens with one attached hydrogen (secondary N) is 1. The average Bonchev–Trinajstić information content (AvgIpc) is 1.83. The van der Waals surface area contributed by atoms with Crippen molar-refractivity contribution in [3.8, 4) is 0 Å². The van der Waals surface area contributed by atoms with E-state index in [2.05, 4.69) is 19.2 Å². The largest absolute Gasteiger partial charge is 0.367 e. The summed E-state index contributed by atoms with van der Waals surface area (Å²) in [7, 11) is 1.72. The third-order valence-corrected chi connectivity index (χ3v) is 1.09. The molecule has 0 aliphatic carbocycles. The van der Waals surface area contributed by atoms with Crippen LogP contribution < -0.4 is 5.32 Å². The van der Waals surface area contributed by atoms with E-state index in [1.807, 2.05) is 0 Å². The van der Waals surface area contributed by atoms with Crippen molar-refractivity contribution < 1.29 is 4.74 Å². The fraction of sp³-hybridized carbons (Fsp3) is 1.00. The van der Waals surface area contributed by atoms with Gasteiger partial charge in [-0.15, -0.1) is 0 Å². The minimum absolute atomic E-state index is 0.250. The van der Waals surface area contributed by atoms with Crippen molar-refractivity contribution >= 4 is 0 Å². The first-order valence-corrected chi connectivity index (χ1v) is 3.11. The maximum atomic E-state index is 5.03. The molecule has 0 saturated heterocycles. The minimum atomic E-state index is 0.250. The summed E-state index contributed by atoms with van der Waals surface area (Å²) >= 11 is 0. The molecule has 0 aliphatic rings. The van der Waals surface area contributed by atoms with Gasteiger partial charge < -0.3 is 4.74 Å². The first-order valence-electron chi connectivity index (χ1n) is 3.11. The van der Waals surface area contributed by atoms with E-state index >= 15 is 0 Å². The Morgan fingerprint density at radius 2 is 2.12 bits per heavy atom. The second kappa shape index (κ2) is 5.06. The van der Waals surface area contributed by atoms with Crippen LogP contribution in [0.3, 0.4) is 0 Å². The zero-order chi connectivity index (χ0) is 6.41. The van der Waals surface area contributed by atoms with Crippen LogP contribution in [-0.2, 0) is 4.74 Å².